The van der Waals surface area contributed by atoms with Gasteiger partial charge in [-0.3, -0.25) is 4.79 Å². The van der Waals surface area contributed by atoms with Crippen LogP contribution in [-0.2, 0) is 9.53 Å². The molecule has 2 aromatic carbocycles. The Balaban J connectivity index is 1.77. The predicted octanol–water partition coefficient (Wildman–Crippen LogP) is 4.34. The van der Waals surface area contributed by atoms with Gasteiger partial charge in [-0.2, -0.15) is 0 Å². The summed E-state index contributed by atoms with van der Waals surface area (Å²) in [7, 11) is 2.22. The summed E-state index contributed by atoms with van der Waals surface area (Å²) in [6.07, 6.45) is 1.12. The van der Waals surface area contributed by atoms with Crippen LogP contribution in [-0.4, -0.2) is 43.7 Å². The first-order valence-corrected chi connectivity index (χ1v) is 9.44. The Morgan fingerprint density at radius 2 is 1.58 bits per heavy atom. The number of likely N-dealkylation sites (N-methyl/N-ethyl adjacent to an activating group) is 1. The Kier molecular flexibility index (Phi) is 5.62. The molecule has 0 aromatic heterocycles. The highest BCUT2D eigenvalue weighted by molar-refractivity contribution is 5.85. The average Bonchev–Trinajstić information content (AvgIpc) is 2.66. The van der Waals surface area contributed by atoms with Gasteiger partial charge in [-0.05, 0) is 25.5 Å². The standard InChI is InChI=1S/C22H28NO3/c1-4-14-23(3,5-2)15-16-25-22(24)21-17-10-6-8-12-19(17)26-20-13-9-7-11-18(20)21/h6-13,21H,4-5,14-16H2,1-3H3/q+1. The highest BCUT2D eigenvalue weighted by Gasteiger charge is 2.33. The molecule has 0 saturated heterocycles. The lowest BCUT2D eigenvalue weighted by atomic mass is 9.88. The maximum Gasteiger partial charge on any atom is 0.318 e. The summed E-state index contributed by atoms with van der Waals surface area (Å²) in [6.45, 7) is 7.77. The van der Waals surface area contributed by atoms with E-state index in [2.05, 4.69) is 20.9 Å². The fourth-order valence-corrected chi connectivity index (χ4v) is 3.58. The molecule has 0 radical (unpaired) electrons. The van der Waals surface area contributed by atoms with Crippen molar-refractivity contribution in [2.45, 2.75) is 26.2 Å². The maximum atomic E-state index is 13.0. The fraction of sp³-hybridized carbons (Fsp3) is 0.409. The quantitative estimate of drug-likeness (QED) is 0.548. The monoisotopic (exact) mass is 354 g/mol. The minimum atomic E-state index is -0.428. The summed E-state index contributed by atoms with van der Waals surface area (Å²) in [5.41, 5.74) is 1.75. The topological polar surface area (TPSA) is 35.5 Å². The van der Waals surface area contributed by atoms with Crippen LogP contribution in [0, 0.1) is 0 Å². The van der Waals surface area contributed by atoms with Crippen molar-refractivity contribution in [2.24, 2.45) is 0 Å². The molecule has 1 heterocycles. The molecule has 0 saturated carbocycles. The van der Waals surface area contributed by atoms with Crippen molar-refractivity contribution in [3.05, 3.63) is 59.7 Å². The minimum absolute atomic E-state index is 0.202. The molecule has 0 aliphatic carbocycles. The van der Waals surface area contributed by atoms with Crippen LogP contribution in [0.5, 0.6) is 11.5 Å². The minimum Gasteiger partial charge on any atom is -0.459 e. The van der Waals surface area contributed by atoms with E-state index in [1.54, 1.807) is 0 Å². The molecule has 138 valence electrons. The number of carbonyl (C=O) groups excluding carboxylic acids is 1. The number of hydrogen-bond acceptors (Lipinski definition) is 3. The van der Waals surface area contributed by atoms with Crippen LogP contribution in [0.3, 0.4) is 0 Å². The van der Waals surface area contributed by atoms with Crippen molar-refractivity contribution in [3.63, 3.8) is 0 Å². The highest BCUT2D eigenvalue weighted by atomic mass is 16.5. The van der Waals surface area contributed by atoms with Gasteiger partial charge in [0.2, 0.25) is 0 Å². The molecule has 4 heteroatoms. The number of fused-ring (bicyclic) bond motifs is 2. The third-order valence-corrected chi connectivity index (χ3v) is 5.32. The summed E-state index contributed by atoms with van der Waals surface area (Å²) >= 11 is 0. The molecule has 0 amide bonds. The first-order chi connectivity index (χ1) is 12.6. The van der Waals surface area contributed by atoms with Crippen molar-refractivity contribution >= 4 is 5.97 Å². The SMILES string of the molecule is CCC[N+](C)(CC)CCOC(=O)C1c2ccccc2Oc2ccccc21. The van der Waals surface area contributed by atoms with Gasteiger partial charge >= 0.3 is 5.97 Å². The Labute approximate surface area is 155 Å². The van der Waals surface area contributed by atoms with Gasteiger partial charge in [0.15, 0.2) is 0 Å². The van der Waals surface area contributed by atoms with Crippen molar-refractivity contribution < 1.29 is 18.8 Å². The Bertz CT molecular complexity index is 728. The number of esters is 1. The van der Waals surface area contributed by atoms with Crippen LogP contribution in [0.25, 0.3) is 0 Å². The van der Waals surface area contributed by atoms with Crippen LogP contribution in [0.4, 0.5) is 0 Å². The second kappa shape index (κ2) is 7.92. The second-order valence-corrected chi connectivity index (χ2v) is 7.16. The molecular formula is C22H28NO3+. The molecule has 2 aromatic rings. The molecule has 1 unspecified atom stereocenters. The normalized spacial score (nSPS) is 15.3. The average molecular weight is 354 g/mol. The molecular weight excluding hydrogens is 326 g/mol. The van der Waals surface area contributed by atoms with E-state index in [0.717, 1.165) is 53.2 Å². The lowest BCUT2D eigenvalue weighted by molar-refractivity contribution is -0.908. The van der Waals surface area contributed by atoms with Crippen LogP contribution in [0.15, 0.2) is 48.5 Å². The van der Waals surface area contributed by atoms with E-state index in [0.29, 0.717) is 6.61 Å². The van der Waals surface area contributed by atoms with Crippen LogP contribution in [0.1, 0.15) is 37.3 Å². The Morgan fingerprint density at radius 1 is 1.00 bits per heavy atom. The molecule has 0 fully saturated rings. The van der Waals surface area contributed by atoms with Crippen molar-refractivity contribution in [1.29, 1.82) is 0 Å². The van der Waals surface area contributed by atoms with Crippen LogP contribution >= 0.6 is 0 Å². The van der Waals surface area contributed by atoms with Crippen LogP contribution < -0.4 is 4.74 Å². The molecule has 3 rings (SSSR count). The third-order valence-electron chi connectivity index (χ3n) is 5.32. The van der Waals surface area contributed by atoms with Gasteiger partial charge in [0, 0.05) is 11.1 Å². The molecule has 1 aliphatic rings. The number of carbonyl (C=O) groups is 1. The van der Waals surface area contributed by atoms with Crippen molar-refractivity contribution in [2.75, 3.05) is 33.3 Å². The largest absolute Gasteiger partial charge is 0.459 e. The van der Waals surface area contributed by atoms with Gasteiger partial charge in [0.1, 0.15) is 30.6 Å². The molecule has 0 spiro atoms. The number of nitrogens with zero attached hydrogens (tertiary/aromatic N) is 1. The molecule has 1 aliphatic heterocycles. The van der Waals surface area contributed by atoms with E-state index in [1.165, 1.54) is 0 Å². The summed E-state index contributed by atoms with van der Waals surface area (Å²) in [5, 5.41) is 0. The van der Waals surface area contributed by atoms with Gasteiger partial charge in [0.25, 0.3) is 0 Å². The zero-order valence-corrected chi connectivity index (χ0v) is 15.9. The Hall–Kier alpha value is -2.33. The number of para-hydroxylation sites is 2. The molecule has 0 N–H and O–H groups in total. The molecule has 4 nitrogen and oxygen atoms in total. The van der Waals surface area contributed by atoms with E-state index in [1.807, 2.05) is 48.5 Å². The fourth-order valence-electron chi connectivity index (χ4n) is 3.58. The molecule has 0 bridgehead atoms. The van der Waals surface area contributed by atoms with Crippen molar-refractivity contribution in [1.82, 2.24) is 0 Å². The van der Waals surface area contributed by atoms with Gasteiger partial charge in [0.05, 0.1) is 20.1 Å². The number of rotatable bonds is 7. The van der Waals surface area contributed by atoms with Gasteiger partial charge < -0.3 is 14.0 Å². The first kappa shape index (κ1) is 18.5. The van der Waals surface area contributed by atoms with Gasteiger partial charge in [-0.25, -0.2) is 0 Å². The van der Waals surface area contributed by atoms with E-state index in [9.17, 15) is 4.79 Å². The smallest absolute Gasteiger partial charge is 0.318 e. The van der Waals surface area contributed by atoms with E-state index in [4.69, 9.17) is 9.47 Å². The van der Waals surface area contributed by atoms with Crippen LogP contribution in [0.2, 0.25) is 0 Å². The number of benzene rings is 2. The molecule has 26 heavy (non-hydrogen) atoms. The number of quaternary nitrogens is 1. The van der Waals surface area contributed by atoms with Gasteiger partial charge in [-0.15, -0.1) is 0 Å². The zero-order chi connectivity index (χ0) is 18.6. The van der Waals surface area contributed by atoms with Gasteiger partial charge in [-0.1, -0.05) is 43.3 Å². The van der Waals surface area contributed by atoms with E-state index in [-0.39, 0.29) is 5.97 Å². The third kappa shape index (κ3) is 3.75. The summed E-state index contributed by atoms with van der Waals surface area (Å²) in [4.78, 5) is 13.0. The highest BCUT2D eigenvalue weighted by Crippen LogP contribution is 2.44. The summed E-state index contributed by atoms with van der Waals surface area (Å²) in [6, 6.07) is 15.4. The molecule has 1 atom stereocenters. The van der Waals surface area contributed by atoms with E-state index >= 15 is 0 Å². The predicted molar refractivity (Wildman–Crippen MR) is 103 cm³/mol. The zero-order valence-electron chi connectivity index (χ0n) is 15.9. The maximum absolute atomic E-state index is 13.0. The first-order valence-electron chi connectivity index (χ1n) is 9.44. The number of hydrogen-bond donors (Lipinski definition) is 0. The summed E-state index contributed by atoms with van der Waals surface area (Å²) < 4.78 is 12.6. The lowest BCUT2D eigenvalue weighted by Crippen LogP contribution is -2.47. The van der Waals surface area contributed by atoms with E-state index < -0.39 is 5.92 Å². The lowest BCUT2D eigenvalue weighted by Gasteiger charge is -2.33. The van der Waals surface area contributed by atoms with Crippen molar-refractivity contribution in [3.8, 4) is 11.5 Å². The Morgan fingerprint density at radius 3 is 2.12 bits per heavy atom. The summed E-state index contributed by atoms with van der Waals surface area (Å²) in [5.74, 6) is 0.830. The second-order valence-electron chi connectivity index (χ2n) is 7.16. The number of ether oxygens (including phenoxy) is 2.